The third-order valence-corrected chi connectivity index (χ3v) is 7.76. The van der Waals surface area contributed by atoms with Crippen LogP contribution in [0.1, 0.15) is 37.6 Å². The van der Waals surface area contributed by atoms with Gasteiger partial charge in [0.2, 0.25) is 5.82 Å². The smallest absolute Gasteiger partial charge is 0.337 e. The van der Waals surface area contributed by atoms with E-state index in [4.69, 9.17) is 9.72 Å². The molecule has 12 nitrogen and oxygen atoms in total. The molecule has 0 atom stereocenters. The van der Waals surface area contributed by atoms with Gasteiger partial charge >= 0.3 is 11.7 Å². The fourth-order valence-electron chi connectivity index (χ4n) is 5.49. The van der Waals surface area contributed by atoms with E-state index < -0.39 is 23.8 Å². The number of H-pyrrole nitrogens is 1. The molecular weight excluding hydrogens is 572 g/mol. The van der Waals surface area contributed by atoms with Crippen LogP contribution in [0.15, 0.2) is 88.5 Å². The Hall–Kier alpha value is -5.65. The fourth-order valence-corrected chi connectivity index (χ4v) is 5.49. The standard InChI is InChI=1S/C33H32N8O4/c1-3-4-6-15-27-34-31-29(32(43)40(21-28(42)45-2)33(44)41(31)24-11-7-5-8-12-24)39(27)20-22-16-18-23(19-17-22)25-13-9-10-14-26(25)30-35-37-38-36-30/h5,7-14,16-19H,3-4,6,15,20-21H2,1-2H3,(H,35,36,37,38). The summed E-state index contributed by atoms with van der Waals surface area (Å²) >= 11 is 0. The van der Waals surface area contributed by atoms with Gasteiger partial charge in [-0.25, -0.2) is 18.9 Å². The van der Waals surface area contributed by atoms with Crippen molar-refractivity contribution in [1.29, 1.82) is 0 Å². The number of fused-ring (bicyclic) bond motifs is 1. The quantitative estimate of drug-likeness (QED) is 0.172. The van der Waals surface area contributed by atoms with E-state index in [1.165, 1.54) is 11.7 Å². The number of benzene rings is 3. The summed E-state index contributed by atoms with van der Waals surface area (Å²) in [5.41, 5.74) is 3.51. The van der Waals surface area contributed by atoms with Gasteiger partial charge in [-0.2, -0.15) is 5.21 Å². The van der Waals surface area contributed by atoms with Crippen molar-refractivity contribution in [3.05, 3.63) is 111 Å². The highest BCUT2D eigenvalue weighted by atomic mass is 16.5. The van der Waals surface area contributed by atoms with Crippen LogP contribution < -0.4 is 11.2 Å². The lowest BCUT2D eigenvalue weighted by molar-refractivity contribution is -0.141. The summed E-state index contributed by atoms with van der Waals surface area (Å²) < 4.78 is 9.02. The van der Waals surface area contributed by atoms with Gasteiger partial charge in [0.15, 0.2) is 11.2 Å². The number of carbonyl (C=O) groups excluding carboxylic acids is 1. The average molecular weight is 605 g/mol. The molecule has 0 aliphatic heterocycles. The minimum absolute atomic E-state index is 0.250. The third-order valence-electron chi connectivity index (χ3n) is 7.76. The Kier molecular flexibility index (Phi) is 8.45. The molecule has 0 saturated heterocycles. The highest BCUT2D eigenvalue weighted by Gasteiger charge is 2.24. The molecular formula is C33H32N8O4. The number of nitrogens with zero attached hydrogens (tertiary/aromatic N) is 7. The van der Waals surface area contributed by atoms with E-state index in [1.54, 1.807) is 24.3 Å². The summed E-state index contributed by atoms with van der Waals surface area (Å²) in [6, 6.07) is 24.9. The maximum Gasteiger partial charge on any atom is 0.337 e. The van der Waals surface area contributed by atoms with E-state index >= 15 is 0 Å². The Bertz CT molecular complexity index is 2060. The normalized spacial score (nSPS) is 11.2. The predicted octanol–water partition coefficient (Wildman–Crippen LogP) is 4.15. The molecule has 0 aliphatic carbocycles. The van der Waals surface area contributed by atoms with Crippen molar-refractivity contribution in [2.45, 2.75) is 45.7 Å². The lowest BCUT2D eigenvalue weighted by Gasteiger charge is -2.13. The number of rotatable bonds is 11. The van der Waals surface area contributed by atoms with Crippen LogP contribution in [0.3, 0.4) is 0 Å². The predicted molar refractivity (Wildman–Crippen MR) is 169 cm³/mol. The Balaban J connectivity index is 1.49. The van der Waals surface area contributed by atoms with E-state index in [0.717, 1.165) is 46.1 Å². The number of carbonyl (C=O) groups is 1. The number of esters is 1. The number of aromatic amines is 1. The number of hydrogen-bond acceptors (Lipinski definition) is 8. The SMILES string of the molecule is CCCCCc1nc2c(c(=O)n(CC(=O)OC)c(=O)n2-c2ccccc2)n1Cc1ccc(-c2ccccc2-c2nn[nH]n2)cc1. The molecule has 0 bridgehead atoms. The molecule has 3 heterocycles. The van der Waals surface area contributed by atoms with Crippen LogP contribution in [0.5, 0.6) is 0 Å². The average Bonchev–Trinajstić information content (AvgIpc) is 3.73. The Morgan fingerprint density at radius 2 is 1.62 bits per heavy atom. The first-order valence-corrected chi connectivity index (χ1v) is 14.8. The summed E-state index contributed by atoms with van der Waals surface area (Å²) in [7, 11) is 1.22. The van der Waals surface area contributed by atoms with Crippen LogP contribution in [0.25, 0.3) is 39.4 Å². The van der Waals surface area contributed by atoms with E-state index in [9.17, 15) is 14.4 Å². The molecule has 0 saturated carbocycles. The van der Waals surface area contributed by atoms with E-state index in [-0.39, 0.29) is 11.2 Å². The minimum atomic E-state index is -0.695. The number of hydrogen-bond donors (Lipinski definition) is 1. The molecule has 0 radical (unpaired) electrons. The number of nitrogens with one attached hydrogen (secondary N) is 1. The van der Waals surface area contributed by atoms with Crippen LogP contribution in [-0.2, 0) is 29.0 Å². The molecule has 6 aromatic rings. The second-order valence-corrected chi connectivity index (χ2v) is 10.6. The monoisotopic (exact) mass is 604 g/mol. The molecule has 45 heavy (non-hydrogen) atoms. The van der Waals surface area contributed by atoms with E-state index in [1.807, 2.05) is 59.2 Å². The number of unbranched alkanes of at least 4 members (excludes halogenated alkanes) is 2. The first-order valence-electron chi connectivity index (χ1n) is 14.8. The number of imidazole rings is 1. The first-order chi connectivity index (χ1) is 22.0. The lowest BCUT2D eigenvalue weighted by atomic mass is 9.98. The Morgan fingerprint density at radius 1 is 0.889 bits per heavy atom. The molecule has 1 N–H and O–H groups in total. The van der Waals surface area contributed by atoms with Crippen LogP contribution in [0.4, 0.5) is 0 Å². The molecule has 0 fully saturated rings. The molecule has 0 aliphatic rings. The van der Waals surface area contributed by atoms with E-state index in [0.29, 0.717) is 30.3 Å². The van der Waals surface area contributed by atoms with Crippen molar-refractivity contribution in [2.24, 2.45) is 0 Å². The number of ether oxygens (including phenoxy) is 1. The Morgan fingerprint density at radius 3 is 2.31 bits per heavy atom. The van der Waals surface area contributed by atoms with Crippen molar-refractivity contribution in [3.63, 3.8) is 0 Å². The van der Waals surface area contributed by atoms with Gasteiger partial charge in [0.05, 0.1) is 12.8 Å². The second-order valence-electron chi connectivity index (χ2n) is 10.6. The van der Waals surface area contributed by atoms with Gasteiger partial charge in [-0.15, -0.1) is 10.2 Å². The van der Waals surface area contributed by atoms with Gasteiger partial charge in [-0.1, -0.05) is 86.5 Å². The summed E-state index contributed by atoms with van der Waals surface area (Å²) in [6.45, 7) is 1.95. The zero-order valence-electron chi connectivity index (χ0n) is 25.0. The van der Waals surface area contributed by atoms with Gasteiger partial charge in [0.1, 0.15) is 12.4 Å². The number of methoxy groups -OCH3 is 1. The summed E-state index contributed by atoms with van der Waals surface area (Å²) in [5, 5.41) is 14.5. The number of para-hydroxylation sites is 1. The number of aromatic nitrogens is 8. The molecule has 6 rings (SSSR count). The third kappa shape index (κ3) is 5.81. The van der Waals surface area contributed by atoms with Crippen LogP contribution in [0.2, 0.25) is 0 Å². The van der Waals surface area contributed by atoms with Crippen molar-refractivity contribution < 1.29 is 9.53 Å². The van der Waals surface area contributed by atoms with Crippen LogP contribution >= 0.6 is 0 Å². The van der Waals surface area contributed by atoms with Crippen molar-refractivity contribution >= 4 is 17.1 Å². The first kappa shape index (κ1) is 29.4. The van der Waals surface area contributed by atoms with Gasteiger partial charge in [0, 0.05) is 18.5 Å². The Labute approximate surface area is 257 Å². The van der Waals surface area contributed by atoms with Crippen LogP contribution in [-0.4, -0.2) is 52.4 Å². The maximum absolute atomic E-state index is 14.0. The van der Waals surface area contributed by atoms with Gasteiger partial charge < -0.3 is 9.30 Å². The molecule has 0 spiro atoms. The van der Waals surface area contributed by atoms with Crippen molar-refractivity contribution in [2.75, 3.05) is 7.11 Å². The maximum atomic E-state index is 14.0. The van der Waals surface area contributed by atoms with E-state index in [2.05, 4.69) is 27.5 Å². The highest BCUT2D eigenvalue weighted by Crippen LogP contribution is 2.30. The molecule has 12 heteroatoms. The molecule has 0 unspecified atom stereocenters. The van der Waals surface area contributed by atoms with Gasteiger partial charge in [0.25, 0.3) is 5.56 Å². The molecule has 3 aromatic carbocycles. The fraction of sp³-hybridized carbons (Fsp3) is 0.242. The van der Waals surface area contributed by atoms with Crippen LogP contribution in [0, 0.1) is 0 Å². The summed E-state index contributed by atoms with van der Waals surface area (Å²) in [5.74, 6) is 0.505. The van der Waals surface area contributed by atoms with Crippen molar-refractivity contribution in [3.8, 4) is 28.2 Å². The molecule has 3 aromatic heterocycles. The molecule has 228 valence electrons. The van der Waals surface area contributed by atoms with Crippen molar-refractivity contribution in [1.82, 2.24) is 39.3 Å². The minimum Gasteiger partial charge on any atom is -0.468 e. The molecule has 0 amide bonds. The summed E-state index contributed by atoms with van der Waals surface area (Å²) in [4.78, 5) is 44.9. The summed E-state index contributed by atoms with van der Waals surface area (Å²) in [6.07, 6.45) is 3.51. The number of tetrazole rings is 1. The number of aryl methyl sites for hydroxylation is 1. The highest BCUT2D eigenvalue weighted by molar-refractivity contribution is 5.80. The lowest BCUT2D eigenvalue weighted by Crippen LogP contribution is -2.42. The zero-order chi connectivity index (χ0) is 31.3. The largest absolute Gasteiger partial charge is 0.468 e. The van der Waals surface area contributed by atoms with Gasteiger partial charge in [-0.05, 0) is 40.5 Å². The second kappa shape index (κ2) is 12.9. The van der Waals surface area contributed by atoms with Gasteiger partial charge in [-0.3, -0.25) is 9.59 Å². The topological polar surface area (TPSA) is 143 Å². The zero-order valence-corrected chi connectivity index (χ0v) is 25.0.